The molecule has 2 aromatic heterocycles. The highest BCUT2D eigenvalue weighted by Gasteiger charge is 2.13. The highest BCUT2D eigenvalue weighted by Crippen LogP contribution is 2.19. The summed E-state index contributed by atoms with van der Waals surface area (Å²) in [6, 6.07) is 7.92. The van der Waals surface area contributed by atoms with Crippen molar-refractivity contribution in [3.63, 3.8) is 0 Å². The van der Waals surface area contributed by atoms with Crippen LogP contribution in [-0.2, 0) is 13.1 Å². The molecule has 0 saturated heterocycles. The van der Waals surface area contributed by atoms with Crippen molar-refractivity contribution in [3.05, 3.63) is 60.1 Å². The van der Waals surface area contributed by atoms with Crippen molar-refractivity contribution in [1.82, 2.24) is 15.1 Å². The molecule has 6 heteroatoms. The van der Waals surface area contributed by atoms with Crippen LogP contribution >= 0.6 is 0 Å². The zero-order valence-corrected chi connectivity index (χ0v) is 12.2. The molecule has 0 bridgehead atoms. The van der Waals surface area contributed by atoms with Crippen molar-refractivity contribution in [1.29, 1.82) is 0 Å². The van der Waals surface area contributed by atoms with Crippen molar-refractivity contribution in [2.45, 2.75) is 20.0 Å². The van der Waals surface area contributed by atoms with Gasteiger partial charge < -0.3 is 8.83 Å². The lowest BCUT2D eigenvalue weighted by Crippen LogP contribution is -2.22. The maximum Gasteiger partial charge on any atom is 0.247 e. The number of halogens is 1. The molecule has 1 aromatic carbocycles. The van der Waals surface area contributed by atoms with Crippen molar-refractivity contribution in [3.8, 4) is 11.5 Å². The third-order valence-corrected chi connectivity index (χ3v) is 3.35. The largest absolute Gasteiger partial charge is 0.472 e. The van der Waals surface area contributed by atoms with E-state index >= 15 is 0 Å². The summed E-state index contributed by atoms with van der Waals surface area (Å²) >= 11 is 0. The van der Waals surface area contributed by atoms with Gasteiger partial charge in [-0.25, -0.2) is 4.39 Å². The van der Waals surface area contributed by atoms with E-state index in [1.165, 1.54) is 12.1 Å². The lowest BCUT2D eigenvalue weighted by atomic mass is 10.2. The van der Waals surface area contributed by atoms with Crippen LogP contribution in [0.25, 0.3) is 11.5 Å². The number of hydrogen-bond acceptors (Lipinski definition) is 5. The van der Waals surface area contributed by atoms with E-state index in [9.17, 15) is 4.39 Å². The van der Waals surface area contributed by atoms with Gasteiger partial charge >= 0.3 is 0 Å². The Balaban J connectivity index is 1.69. The van der Waals surface area contributed by atoms with Gasteiger partial charge in [0, 0.05) is 17.7 Å². The Labute approximate surface area is 127 Å². The van der Waals surface area contributed by atoms with Crippen molar-refractivity contribution in [2.24, 2.45) is 0 Å². The van der Waals surface area contributed by atoms with Crippen molar-refractivity contribution in [2.75, 3.05) is 6.54 Å². The Morgan fingerprint density at radius 2 is 1.91 bits per heavy atom. The lowest BCUT2D eigenvalue weighted by molar-refractivity contribution is 0.243. The van der Waals surface area contributed by atoms with Crippen LogP contribution in [0.5, 0.6) is 0 Å². The predicted molar refractivity (Wildman–Crippen MR) is 78.2 cm³/mol. The molecule has 0 aliphatic rings. The summed E-state index contributed by atoms with van der Waals surface area (Å²) in [5.41, 5.74) is 1.80. The first-order valence-electron chi connectivity index (χ1n) is 7.06. The minimum absolute atomic E-state index is 0.291. The molecule has 0 radical (unpaired) electrons. The summed E-state index contributed by atoms with van der Waals surface area (Å²) in [7, 11) is 0. The second-order valence-electron chi connectivity index (χ2n) is 4.94. The average Bonchev–Trinajstić information content (AvgIpc) is 3.19. The summed E-state index contributed by atoms with van der Waals surface area (Å²) in [6.45, 7) is 4.22. The van der Waals surface area contributed by atoms with Crippen LogP contribution in [0.3, 0.4) is 0 Å². The van der Waals surface area contributed by atoms with Crippen LogP contribution in [-0.4, -0.2) is 21.6 Å². The SMILES string of the molecule is CCN(Cc1ccoc1)Cc1nnc(-c2ccc(F)cc2)o1. The van der Waals surface area contributed by atoms with Gasteiger partial charge in [0.05, 0.1) is 19.1 Å². The topological polar surface area (TPSA) is 55.3 Å². The first-order chi connectivity index (χ1) is 10.7. The fraction of sp³-hybridized carbons (Fsp3) is 0.250. The standard InChI is InChI=1S/C16H16FN3O2/c1-2-20(9-12-7-8-21-11-12)10-15-18-19-16(22-15)13-3-5-14(17)6-4-13/h3-8,11H,2,9-10H2,1H3. The molecule has 0 N–H and O–H groups in total. The molecule has 114 valence electrons. The number of hydrogen-bond donors (Lipinski definition) is 0. The predicted octanol–water partition coefficient (Wildman–Crippen LogP) is 3.49. The Hall–Kier alpha value is -2.47. The highest BCUT2D eigenvalue weighted by molar-refractivity contribution is 5.51. The summed E-state index contributed by atoms with van der Waals surface area (Å²) in [4.78, 5) is 2.16. The third-order valence-electron chi connectivity index (χ3n) is 3.35. The molecule has 3 aromatic rings. The number of benzene rings is 1. The quantitative estimate of drug-likeness (QED) is 0.697. The van der Waals surface area contributed by atoms with E-state index in [0.29, 0.717) is 23.9 Å². The van der Waals surface area contributed by atoms with Crippen molar-refractivity contribution >= 4 is 0 Å². The molecular formula is C16H16FN3O2. The summed E-state index contributed by atoms with van der Waals surface area (Å²) < 4.78 is 23.6. The molecular weight excluding hydrogens is 285 g/mol. The summed E-state index contributed by atoms with van der Waals surface area (Å²) in [5, 5.41) is 8.07. The van der Waals surface area contributed by atoms with Crippen LogP contribution in [0.1, 0.15) is 18.4 Å². The zero-order valence-electron chi connectivity index (χ0n) is 12.2. The second kappa shape index (κ2) is 6.53. The first kappa shape index (κ1) is 14.5. The number of aromatic nitrogens is 2. The molecule has 3 rings (SSSR count). The monoisotopic (exact) mass is 301 g/mol. The summed E-state index contributed by atoms with van der Waals surface area (Å²) in [6.07, 6.45) is 3.38. The number of nitrogens with zero attached hydrogens (tertiary/aromatic N) is 3. The van der Waals surface area contributed by atoms with Gasteiger partial charge in [-0.3, -0.25) is 4.90 Å². The molecule has 2 heterocycles. The number of rotatable bonds is 6. The fourth-order valence-electron chi connectivity index (χ4n) is 2.14. The Morgan fingerprint density at radius 3 is 2.59 bits per heavy atom. The van der Waals surface area contributed by atoms with Gasteiger partial charge in [0.15, 0.2) is 0 Å². The van der Waals surface area contributed by atoms with Crippen LogP contribution < -0.4 is 0 Å². The number of furan rings is 1. The van der Waals surface area contributed by atoms with E-state index in [1.807, 2.05) is 6.07 Å². The maximum atomic E-state index is 12.9. The molecule has 0 fully saturated rings. The van der Waals surface area contributed by atoms with E-state index in [2.05, 4.69) is 22.0 Å². The van der Waals surface area contributed by atoms with Crippen LogP contribution in [0, 0.1) is 5.82 Å². The first-order valence-corrected chi connectivity index (χ1v) is 7.06. The second-order valence-corrected chi connectivity index (χ2v) is 4.94. The fourth-order valence-corrected chi connectivity index (χ4v) is 2.14. The molecule has 0 saturated carbocycles. The minimum Gasteiger partial charge on any atom is -0.472 e. The normalized spacial score (nSPS) is 11.2. The lowest BCUT2D eigenvalue weighted by Gasteiger charge is -2.16. The van der Waals surface area contributed by atoms with Gasteiger partial charge in [0.25, 0.3) is 0 Å². The molecule has 0 aliphatic carbocycles. The van der Waals surface area contributed by atoms with E-state index < -0.39 is 0 Å². The van der Waals surface area contributed by atoms with Gasteiger partial charge in [-0.1, -0.05) is 6.92 Å². The third kappa shape index (κ3) is 3.40. The zero-order chi connectivity index (χ0) is 15.4. The van der Waals surface area contributed by atoms with Gasteiger partial charge in [0.2, 0.25) is 11.8 Å². The molecule has 0 aliphatic heterocycles. The minimum atomic E-state index is -0.291. The molecule has 0 unspecified atom stereocenters. The Morgan fingerprint density at radius 1 is 1.09 bits per heavy atom. The molecule has 22 heavy (non-hydrogen) atoms. The van der Waals surface area contributed by atoms with Crippen molar-refractivity contribution < 1.29 is 13.2 Å². The van der Waals surface area contributed by atoms with Gasteiger partial charge in [-0.15, -0.1) is 10.2 Å². The average molecular weight is 301 g/mol. The van der Waals surface area contributed by atoms with Gasteiger partial charge in [-0.05, 0) is 36.9 Å². The summed E-state index contributed by atoms with van der Waals surface area (Å²) in [5.74, 6) is 0.639. The van der Waals surface area contributed by atoms with E-state index in [1.54, 1.807) is 24.7 Å². The van der Waals surface area contributed by atoms with E-state index in [-0.39, 0.29) is 5.82 Å². The molecule has 0 amide bonds. The molecule has 0 atom stereocenters. The Bertz CT molecular complexity index is 707. The smallest absolute Gasteiger partial charge is 0.247 e. The van der Waals surface area contributed by atoms with Crippen LogP contribution in [0.4, 0.5) is 4.39 Å². The highest BCUT2D eigenvalue weighted by atomic mass is 19.1. The van der Waals surface area contributed by atoms with Gasteiger partial charge in [-0.2, -0.15) is 0 Å². The van der Waals surface area contributed by atoms with Crippen LogP contribution in [0.15, 0.2) is 51.7 Å². The van der Waals surface area contributed by atoms with Crippen LogP contribution in [0.2, 0.25) is 0 Å². The Kier molecular flexibility index (Phi) is 4.29. The maximum absolute atomic E-state index is 12.9. The molecule has 0 spiro atoms. The molecule has 5 nitrogen and oxygen atoms in total. The van der Waals surface area contributed by atoms with E-state index in [4.69, 9.17) is 8.83 Å². The van der Waals surface area contributed by atoms with Gasteiger partial charge in [0.1, 0.15) is 5.82 Å². The van der Waals surface area contributed by atoms with E-state index in [0.717, 1.165) is 18.7 Å².